The summed E-state index contributed by atoms with van der Waals surface area (Å²) in [5.74, 6) is -6.32. The predicted molar refractivity (Wildman–Crippen MR) is 94.2 cm³/mol. The van der Waals surface area contributed by atoms with E-state index in [1.54, 1.807) is 25.2 Å². The number of ketones is 2. The minimum absolute atomic E-state index is 0.107. The van der Waals surface area contributed by atoms with Gasteiger partial charge in [-0.3, -0.25) is 9.59 Å². The molecule has 4 rings (SSSR count). The maximum absolute atomic E-state index is 15.8. The van der Waals surface area contributed by atoms with Gasteiger partial charge in [0.25, 0.3) is 5.78 Å². The van der Waals surface area contributed by atoms with Crippen molar-refractivity contribution in [1.82, 2.24) is 0 Å². The summed E-state index contributed by atoms with van der Waals surface area (Å²) in [6.45, 7) is 3.56. The highest BCUT2D eigenvalue weighted by Crippen LogP contribution is 2.67. The molecule has 2 N–H and O–H groups in total. The zero-order valence-corrected chi connectivity index (χ0v) is 15.4. The van der Waals surface area contributed by atoms with Gasteiger partial charge in [-0.15, -0.1) is 0 Å². The molecule has 0 saturated heterocycles. The normalized spacial score (nSPS) is 45.3. The Labute approximate surface area is 156 Å². The third-order valence-electron chi connectivity index (χ3n) is 7.48. The lowest BCUT2D eigenvalue weighted by Gasteiger charge is -2.59. The molecule has 2 fully saturated rings. The van der Waals surface area contributed by atoms with Crippen LogP contribution in [0.15, 0.2) is 35.5 Å². The first kappa shape index (κ1) is 18.3. The summed E-state index contributed by atoms with van der Waals surface area (Å²) in [6, 6.07) is 0. The van der Waals surface area contributed by atoms with Gasteiger partial charge in [0.2, 0.25) is 5.85 Å². The third-order valence-corrected chi connectivity index (χ3v) is 7.48. The van der Waals surface area contributed by atoms with Crippen molar-refractivity contribution < 1.29 is 29.0 Å². The van der Waals surface area contributed by atoms with Crippen molar-refractivity contribution >= 4 is 17.5 Å². The first-order valence-corrected chi connectivity index (χ1v) is 9.34. The zero-order chi connectivity index (χ0) is 19.8. The van der Waals surface area contributed by atoms with Crippen molar-refractivity contribution in [2.75, 3.05) is 0 Å². The van der Waals surface area contributed by atoms with Gasteiger partial charge in [-0.2, -0.15) is 0 Å². The largest absolute Gasteiger partial charge is 0.475 e. The van der Waals surface area contributed by atoms with E-state index < -0.39 is 34.4 Å². The van der Waals surface area contributed by atoms with Crippen LogP contribution in [0.25, 0.3) is 0 Å². The van der Waals surface area contributed by atoms with Gasteiger partial charge in [0.05, 0.1) is 0 Å². The van der Waals surface area contributed by atoms with E-state index >= 15 is 4.39 Å². The van der Waals surface area contributed by atoms with Crippen molar-refractivity contribution in [3.05, 3.63) is 35.5 Å². The van der Waals surface area contributed by atoms with Gasteiger partial charge in [0, 0.05) is 28.7 Å². The highest BCUT2D eigenvalue weighted by Gasteiger charge is 2.66. The summed E-state index contributed by atoms with van der Waals surface area (Å²) in [5, 5.41) is 20.0. The lowest BCUT2D eigenvalue weighted by molar-refractivity contribution is -0.238. The van der Waals surface area contributed by atoms with Crippen LogP contribution in [0.3, 0.4) is 0 Å². The zero-order valence-electron chi connectivity index (χ0n) is 15.4. The molecule has 0 heterocycles. The number of halogens is 1. The van der Waals surface area contributed by atoms with Crippen LogP contribution >= 0.6 is 0 Å². The molecule has 0 amide bonds. The summed E-state index contributed by atoms with van der Waals surface area (Å²) in [6.07, 6.45) is 7.71. The standard InChI is InChI=1S/C21H23FO5/c1-19-8-7-12(23)9-11(19)3-4-13-14-5-6-15(16(24)18(25)26)20(14,2)10-21(22,27)17(13)19/h6-9,13-14,17,27H,3-5,10H2,1-2H3,(H,25,26)/t13-,14-,17-,19-,20-,21?/m0/s1. The summed E-state index contributed by atoms with van der Waals surface area (Å²) in [7, 11) is 0. The molecular weight excluding hydrogens is 351 g/mol. The Morgan fingerprint density at radius 3 is 2.67 bits per heavy atom. The molecule has 6 heteroatoms. The van der Waals surface area contributed by atoms with Gasteiger partial charge < -0.3 is 10.2 Å². The second-order valence-corrected chi connectivity index (χ2v) is 8.88. The Morgan fingerprint density at radius 2 is 2.00 bits per heavy atom. The molecule has 0 aromatic carbocycles. The Kier molecular flexibility index (Phi) is 3.71. The molecule has 0 aliphatic heterocycles. The van der Waals surface area contributed by atoms with Crippen LogP contribution in [0.1, 0.15) is 39.5 Å². The molecular formula is C21H23FO5. The topological polar surface area (TPSA) is 91.7 Å². The second kappa shape index (κ2) is 5.47. The highest BCUT2D eigenvalue weighted by molar-refractivity contribution is 6.40. The molecule has 144 valence electrons. The van der Waals surface area contributed by atoms with Crippen LogP contribution in [-0.4, -0.2) is 33.6 Å². The molecule has 0 aromatic heterocycles. The van der Waals surface area contributed by atoms with E-state index in [0.717, 1.165) is 5.57 Å². The van der Waals surface area contributed by atoms with Crippen molar-refractivity contribution in [3.63, 3.8) is 0 Å². The number of rotatable bonds is 2. The third kappa shape index (κ3) is 2.35. The van der Waals surface area contributed by atoms with Crippen LogP contribution in [0.5, 0.6) is 0 Å². The second-order valence-electron chi connectivity index (χ2n) is 8.88. The van der Waals surface area contributed by atoms with E-state index in [2.05, 4.69) is 0 Å². The van der Waals surface area contributed by atoms with Gasteiger partial charge in [-0.05, 0) is 43.3 Å². The first-order chi connectivity index (χ1) is 12.5. The van der Waals surface area contributed by atoms with E-state index in [9.17, 15) is 19.5 Å². The van der Waals surface area contributed by atoms with Gasteiger partial charge >= 0.3 is 5.97 Å². The number of hydrogen-bond donors (Lipinski definition) is 2. The quantitative estimate of drug-likeness (QED) is 0.725. The number of allylic oxidation sites excluding steroid dienone is 5. The monoisotopic (exact) mass is 374 g/mol. The Hall–Kier alpha value is -2.08. The maximum atomic E-state index is 15.8. The number of carbonyl (C=O) groups excluding carboxylic acids is 2. The van der Waals surface area contributed by atoms with E-state index in [1.807, 2.05) is 6.92 Å². The summed E-state index contributed by atoms with van der Waals surface area (Å²) < 4.78 is 15.8. The van der Waals surface area contributed by atoms with E-state index in [-0.39, 0.29) is 29.6 Å². The number of Topliss-reactive ketones (excluding diaryl/α,β-unsaturated/α-hetero) is 1. The number of aliphatic carboxylic acids is 1. The van der Waals surface area contributed by atoms with Gasteiger partial charge in [0.15, 0.2) is 5.78 Å². The number of aliphatic hydroxyl groups is 1. The fraction of sp³-hybridized carbons (Fsp3) is 0.571. The van der Waals surface area contributed by atoms with Crippen molar-refractivity contribution in [1.29, 1.82) is 0 Å². The number of carboxylic acid groups (broad SMARTS) is 1. The highest BCUT2D eigenvalue weighted by atomic mass is 19.2. The molecule has 0 bridgehead atoms. The maximum Gasteiger partial charge on any atom is 0.376 e. The van der Waals surface area contributed by atoms with Crippen LogP contribution < -0.4 is 0 Å². The molecule has 1 unspecified atom stereocenters. The molecule has 2 saturated carbocycles. The summed E-state index contributed by atoms with van der Waals surface area (Å²) >= 11 is 0. The lowest BCUT2D eigenvalue weighted by Crippen LogP contribution is -2.60. The van der Waals surface area contributed by atoms with Crippen molar-refractivity contribution in [3.8, 4) is 0 Å². The molecule has 0 spiro atoms. The number of hydrogen-bond acceptors (Lipinski definition) is 4. The molecule has 0 radical (unpaired) electrons. The van der Waals surface area contributed by atoms with E-state index in [4.69, 9.17) is 5.11 Å². The van der Waals surface area contributed by atoms with Crippen LogP contribution in [0, 0.1) is 28.6 Å². The molecule has 27 heavy (non-hydrogen) atoms. The average Bonchev–Trinajstić information content (AvgIpc) is 2.89. The van der Waals surface area contributed by atoms with Crippen molar-refractivity contribution in [2.45, 2.75) is 45.4 Å². The van der Waals surface area contributed by atoms with E-state index in [1.165, 1.54) is 6.08 Å². The number of alkyl halides is 1. The lowest BCUT2D eigenvalue weighted by atomic mass is 9.46. The van der Waals surface area contributed by atoms with E-state index in [0.29, 0.717) is 19.3 Å². The van der Waals surface area contributed by atoms with Crippen LogP contribution in [0.4, 0.5) is 4.39 Å². The van der Waals surface area contributed by atoms with Gasteiger partial charge in [-0.1, -0.05) is 31.6 Å². The van der Waals surface area contributed by atoms with Gasteiger partial charge in [-0.25, -0.2) is 9.18 Å². The summed E-state index contributed by atoms with van der Waals surface area (Å²) in [4.78, 5) is 35.2. The summed E-state index contributed by atoms with van der Waals surface area (Å²) in [5.41, 5.74) is -0.827. The Morgan fingerprint density at radius 1 is 1.30 bits per heavy atom. The number of carbonyl (C=O) groups is 3. The number of fused-ring (bicyclic) bond motifs is 5. The first-order valence-electron chi connectivity index (χ1n) is 9.34. The molecule has 4 aliphatic carbocycles. The Bertz CT molecular complexity index is 851. The van der Waals surface area contributed by atoms with Crippen LogP contribution in [0.2, 0.25) is 0 Å². The minimum Gasteiger partial charge on any atom is -0.475 e. The Balaban J connectivity index is 1.78. The fourth-order valence-corrected chi connectivity index (χ4v) is 6.44. The molecule has 6 atom stereocenters. The minimum atomic E-state index is -2.57. The number of carboxylic acids is 1. The van der Waals surface area contributed by atoms with Gasteiger partial charge in [0.1, 0.15) is 0 Å². The average molecular weight is 374 g/mol. The van der Waals surface area contributed by atoms with Crippen LogP contribution in [-0.2, 0) is 14.4 Å². The molecule has 0 aromatic rings. The molecule has 5 nitrogen and oxygen atoms in total. The van der Waals surface area contributed by atoms with Crippen molar-refractivity contribution in [2.24, 2.45) is 28.6 Å². The molecule has 4 aliphatic rings. The fourth-order valence-electron chi connectivity index (χ4n) is 6.44. The smallest absolute Gasteiger partial charge is 0.376 e. The predicted octanol–water partition coefficient (Wildman–Crippen LogP) is 2.75. The SMILES string of the molecule is C[C@]12C=CC(=O)C=C1CC[C@@H]1[C@@H]2C(O)(F)C[C@]2(C)C(C(=O)C(=O)O)=CC[C@@H]12.